The van der Waals surface area contributed by atoms with E-state index >= 15 is 0 Å². The number of carbonyl (C=O) groups is 1. The smallest absolute Gasteiger partial charge is 0.407 e. The minimum atomic E-state index is -0.437. The van der Waals surface area contributed by atoms with Gasteiger partial charge in [0.2, 0.25) is 0 Å². The molecule has 1 aromatic rings. The number of benzene rings is 1. The summed E-state index contributed by atoms with van der Waals surface area (Å²) in [7, 11) is 0. The van der Waals surface area contributed by atoms with Gasteiger partial charge in [-0.1, -0.05) is 95.0 Å². The molecule has 32 heavy (non-hydrogen) atoms. The minimum absolute atomic E-state index is 0.267. The SMILES string of the molecule is CCCCCCCCCCCCOCCOCCOCCNC(=O)OCc1ccccc1. The third-order valence-electron chi connectivity index (χ3n) is 5.11. The van der Waals surface area contributed by atoms with Crippen LogP contribution in [0.3, 0.4) is 0 Å². The Balaban J connectivity index is 1.71. The molecule has 0 aliphatic heterocycles. The van der Waals surface area contributed by atoms with E-state index in [9.17, 15) is 4.79 Å². The highest BCUT2D eigenvalue weighted by Crippen LogP contribution is 2.10. The molecule has 0 aliphatic rings. The standard InChI is InChI=1S/C26H45NO5/c1-2-3-4-5-6-7-8-9-10-14-18-29-20-22-31-23-21-30-19-17-27-26(28)32-24-25-15-12-11-13-16-25/h11-13,15-16H,2-10,14,17-24H2,1H3,(H,27,28). The summed E-state index contributed by atoms with van der Waals surface area (Å²) in [5.74, 6) is 0. The molecule has 184 valence electrons. The fourth-order valence-electron chi connectivity index (χ4n) is 3.23. The van der Waals surface area contributed by atoms with Gasteiger partial charge in [0.15, 0.2) is 0 Å². The molecular formula is C26H45NO5. The van der Waals surface area contributed by atoms with Crippen molar-refractivity contribution in [2.45, 2.75) is 77.7 Å². The lowest BCUT2D eigenvalue weighted by Gasteiger charge is -2.08. The van der Waals surface area contributed by atoms with E-state index in [-0.39, 0.29) is 6.61 Å². The normalized spacial score (nSPS) is 10.9. The maximum atomic E-state index is 11.6. The summed E-state index contributed by atoms with van der Waals surface area (Å²) in [6, 6.07) is 9.59. The Bertz CT molecular complexity index is 526. The number of hydrogen-bond acceptors (Lipinski definition) is 5. The maximum absolute atomic E-state index is 11.6. The fraction of sp³-hybridized carbons (Fsp3) is 0.731. The quantitative estimate of drug-likeness (QED) is 0.223. The van der Waals surface area contributed by atoms with E-state index in [0.717, 1.165) is 18.6 Å². The van der Waals surface area contributed by atoms with Crippen molar-refractivity contribution >= 4 is 6.09 Å². The minimum Gasteiger partial charge on any atom is -0.445 e. The Morgan fingerprint density at radius 3 is 1.84 bits per heavy atom. The van der Waals surface area contributed by atoms with Crippen LogP contribution in [0.2, 0.25) is 0 Å². The van der Waals surface area contributed by atoms with Gasteiger partial charge in [0, 0.05) is 13.2 Å². The number of rotatable bonds is 22. The van der Waals surface area contributed by atoms with Crippen LogP contribution in [0.4, 0.5) is 4.79 Å². The number of nitrogens with one attached hydrogen (secondary N) is 1. The molecular weight excluding hydrogens is 406 g/mol. The summed E-state index contributed by atoms with van der Waals surface area (Å²) in [6.45, 7) is 6.44. The molecule has 1 rings (SSSR count). The van der Waals surface area contributed by atoms with Crippen molar-refractivity contribution in [3.8, 4) is 0 Å². The average molecular weight is 452 g/mol. The Morgan fingerprint density at radius 2 is 1.22 bits per heavy atom. The summed E-state index contributed by atoms with van der Waals surface area (Å²) in [4.78, 5) is 11.6. The van der Waals surface area contributed by atoms with Gasteiger partial charge >= 0.3 is 6.09 Å². The van der Waals surface area contributed by atoms with Gasteiger partial charge in [0.25, 0.3) is 0 Å². The van der Waals surface area contributed by atoms with E-state index in [1.165, 1.54) is 57.8 Å². The second-order valence-electron chi connectivity index (χ2n) is 8.01. The molecule has 0 bridgehead atoms. The highest BCUT2D eigenvalue weighted by atomic mass is 16.6. The van der Waals surface area contributed by atoms with Crippen LogP contribution in [0.25, 0.3) is 0 Å². The van der Waals surface area contributed by atoms with Gasteiger partial charge in [0.05, 0.1) is 33.0 Å². The first-order valence-corrected chi connectivity index (χ1v) is 12.5. The highest BCUT2D eigenvalue weighted by Gasteiger charge is 2.01. The van der Waals surface area contributed by atoms with Crippen LogP contribution in [-0.2, 0) is 25.6 Å². The van der Waals surface area contributed by atoms with Crippen LogP contribution in [0, 0.1) is 0 Å². The van der Waals surface area contributed by atoms with Gasteiger partial charge in [-0.25, -0.2) is 4.79 Å². The van der Waals surface area contributed by atoms with Crippen molar-refractivity contribution in [3.63, 3.8) is 0 Å². The van der Waals surface area contributed by atoms with Gasteiger partial charge < -0.3 is 24.3 Å². The predicted octanol–water partition coefficient (Wildman–Crippen LogP) is 5.88. The molecule has 0 saturated carbocycles. The second-order valence-corrected chi connectivity index (χ2v) is 8.01. The predicted molar refractivity (Wildman–Crippen MR) is 129 cm³/mol. The molecule has 0 radical (unpaired) electrons. The summed E-state index contributed by atoms with van der Waals surface area (Å²) in [5.41, 5.74) is 0.962. The van der Waals surface area contributed by atoms with Crippen LogP contribution in [0.15, 0.2) is 30.3 Å². The monoisotopic (exact) mass is 451 g/mol. The van der Waals surface area contributed by atoms with Gasteiger partial charge in [-0.15, -0.1) is 0 Å². The largest absolute Gasteiger partial charge is 0.445 e. The van der Waals surface area contributed by atoms with Gasteiger partial charge in [-0.3, -0.25) is 0 Å². The summed E-state index contributed by atoms with van der Waals surface area (Å²) >= 11 is 0. The van der Waals surface area contributed by atoms with Crippen LogP contribution in [-0.4, -0.2) is 52.3 Å². The van der Waals surface area contributed by atoms with Crippen molar-refractivity contribution in [1.82, 2.24) is 5.32 Å². The third-order valence-corrected chi connectivity index (χ3v) is 5.11. The zero-order chi connectivity index (χ0) is 23.0. The molecule has 1 N–H and O–H groups in total. The maximum Gasteiger partial charge on any atom is 0.407 e. The number of amides is 1. The van der Waals surface area contributed by atoms with Crippen LogP contribution < -0.4 is 5.32 Å². The fourth-order valence-corrected chi connectivity index (χ4v) is 3.23. The first-order chi connectivity index (χ1) is 15.8. The lowest BCUT2D eigenvalue weighted by atomic mass is 10.1. The molecule has 6 heteroatoms. The molecule has 1 aromatic carbocycles. The van der Waals surface area contributed by atoms with Crippen LogP contribution >= 0.6 is 0 Å². The van der Waals surface area contributed by atoms with Crippen molar-refractivity contribution in [3.05, 3.63) is 35.9 Å². The lowest BCUT2D eigenvalue weighted by Crippen LogP contribution is -2.28. The van der Waals surface area contributed by atoms with Crippen molar-refractivity contribution in [1.29, 1.82) is 0 Å². The molecule has 0 aliphatic carbocycles. The summed E-state index contributed by atoms with van der Waals surface area (Å²) < 4.78 is 21.6. The number of carbonyl (C=O) groups excluding carboxylic acids is 1. The summed E-state index contributed by atoms with van der Waals surface area (Å²) in [5, 5.41) is 2.66. The second kappa shape index (κ2) is 22.6. The molecule has 1 amide bonds. The first-order valence-electron chi connectivity index (χ1n) is 12.5. The molecule has 6 nitrogen and oxygen atoms in total. The molecule has 0 fully saturated rings. The van der Waals surface area contributed by atoms with Crippen LogP contribution in [0.5, 0.6) is 0 Å². The van der Waals surface area contributed by atoms with E-state index in [2.05, 4.69) is 12.2 Å². The summed E-state index contributed by atoms with van der Waals surface area (Å²) in [6.07, 6.45) is 13.0. The molecule has 0 atom stereocenters. The molecule has 0 saturated heterocycles. The molecule has 0 unspecified atom stereocenters. The highest BCUT2D eigenvalue weighted by molar-refractivity contribution is 5.67. The number of alkyl carbamates (subject to hydrolysis) is 1. The molecule has 0 heterocycles. The van der Waals surface area contributed by atoms with E-state index in [1.807, 2.05) is 30.3 Å². The third kappa shape index (κ3) is 19.1. The van der Waals surface area contributed by atoms with Crippen LogP contribution in [0.1, 0.15) is 76.7 Å². The zero-order valence-electron chi connectivity index (χ0n) is 20.2. The first kappa shape index (κ1) is 28.4. The average Bonchev–Trinajstić information content (AvgIpc) is 2.82. The molecule has 0 aromatic heterocycles. The molecule has 0 spiro atoms. The number of unbranched alkanes of at least 4 members (excludes halogenated alkanes) is 9. The van der Waals surface area contributed by atoms with Gasteiger partial charge in [-0.2, -0.15) is 0 Å². The Kier molecular flexibility index (Phi) is 20.0. The Morgan fingerprint density at radius 1 is 0.688 bits per heavy atom. The van der Waals surface area contributed by atoms with E-state index in [0.29, 0.717) is 39.6 Å². The Labute approximate surface area is 195 Å². The topological polar surface area (TPSA) is 66.0 Å². The van der Waals surface area contributed by atoms with Crippen molar-refractivity contribution in [2.75, 3.05) is 46.2 Å². The zero-order valence-corrected chi connectivity index (χ0v) is 20.2. The number of hydrogen-bond donors (Lipinski definition) is 1. The van der Waals surface area contributed by atoms with Gasteiger partial charge in [0.1, 0.15) is 6.61 Å². The van der Waals surface area contributed by atoms with E-state index in [1.54, 1.807) is 0 Å². The van der Waals surface area contributed by atoms with Crippen molar-refractivity contribution in [2.24, 2.45) is 0 Å². The van der Waals surface area contributed by atoms with Gasteiger partial charge in [-0.05, 0) is 12.0 Å². The van der Waals surface area contributed by atoms with Crippen molar-refractivity contribution < 1.29 is 23.7 Å². The number of ether oxygens (including phenoxy) is 4. The van der Waals surface area contributed by atoms with E-state index in [4.69, 9.17) is 18.9 Å². The lowest BCUT2D eigenvalue weighted by molar-refractivity contribution is 0.0143. The van der Waals surface area contributed by atoms with E-state index < -0.39 is 6.09 Å². The Hall–Kier alpha value is -1.63.